The molecule has 0 spiro atoms. The van der Waals surface area contributed by atoms with Crippen LogP contribution in [0.25, 0.3) is 0 Å². The molecule has 24 heavy (non-hydrogen) atoms. The summed E-state index contributed by atoms with van der Waals surface area (Å²) in [5, 5.41) is 18.8. The van der Waals surface area contributed by atoms with Crippen LogP contribution < -0.4 is 10.5 Å². The molecule has 2 unspecified atom stereocenters. The van der Waals surface area contributed by atoms with Crippen molar-refractivity contribution >= 4 is 54.9 Å². The number of hydrogen-bond donors (Lipinski definition) is 3. The Bertz CT molecular complexity index is 794. The minimum absolute atomic E-state index is 0.0816. The van der Waals surface area contributed by atoms with Crippen molar-refractivity contribution in [1.29, 1.82) is 0 Å². The first-order chi connectivity index (χ1) is 11.3. The van der Waals surface area contributed by atoms with Gasteiger partial charge in [0.05, 0.1) is 20.8 Å². The van der Waals surface area contributed by atoms with Gasteiger partial charge in [-0.05, 0) is 52.5 Å². The number of nitrogens with zero attached hydrogens (tertiary/aromatic N) is 2. The number of rotatable bonds is 7. The predicted molar refractivity (Wildman–Crippen MR) is 104 cm³/mol. The molecule has 0 aliphatic carbocycles. The molecule has 9 heteroatoms. The zero-order valence-corrected chi connectivity index (χ0v) is 16.3. The fourth-order valence-corrected chi connectivity index (χ4v) is 3.73. The van der Waals surface area contributed by atoms with Crippen LogP contribution in [0, 0.1) is 0 Å². The first kappa shape index (κ1) is 19.2. The van der Waals surface area contributed by atoms with Crippen LogP contribution in [-0.4, -0.2) is 37.0 Å². The zero-order chi connectivity index (χ0) is 17.7. The third kappa shape index (κ3) is 5.18. The van der Waals surface area contributed by atoms with Gasteiger partial charge in [0.25, 0.3) is 0 Å². The van der Waals surface area contributed by atoms with Crippen molar-refractivity contribution < 1.29 is 9.32 Å². The van der Waals surface area contributed by atoms with Crippen molar-refractivity contribution in [2.45, 2.75) is 28.5 Å². The maximum Gasteiger partial charge on any atom is 0.228 e. The molecule has 0 saturated heterocycles. The lowest BCUT2D eigenvalue weighted by Gasteiger charge is -2.13. The van der Waals surface area contributed by atoms with Gasteiger partial charge in [0, 0.05) is 22.0 Å². The molecular weight excluding hydrogens is 412 g/mol. The molecule has 6 nitrogen and oxygen atoms in total. The largest absolute Gasteiger partial charge is 0.395 e. The molecule has 4 N–H and O–H groups in total. The van der Waals surface area contributed by atoms with E-state index in [1.165, 1.54) is 11.8 Å². The highest BCUT2D eigenvalue weighted by atomic mass is 79.9. The summed E-state index contributed by atoms with van der Waals surface area (Å²) in [6, 6.07) is 6.80. The van der Waals surface area contributed by atoms with Gasteiger partial charge < -0.3 is 10.4 Å². The first-order valence-corrected chi connectivity index (χ1v) is 10.6. The molecule has 1 heterocycles. The third-order valence-electron chi connectivity index (χ3n) is 3.16. The number of aliphatic hydroxyl groups excluding tert-OH is 1. The lowest BCUT2D eigenvalue weighted by Crippen LogP contribution is -2.11. The Labute approximate surface area is 154 Å². The number of halogens is 1. The Hall–Kier alpha value is -1.13. The minimum Gasteiger partial charge on any atom is -0.395 e. The number of nitrogens with two attached hydrogens (primary N) is 1. The van der Waals surface area contributed by atoms with Gasteiger partial charge in [0.2, 0.25) is 5.95 Å². The topological polar surface area (TPSA) is 101 Å². The molecule has 0 aliphatic rings. The van der Waals surface area contributed by atoms with E-state index < -0.39 is 9.71 Å². The van der Waals surface area contributed by atoms with Crippen LogP contribution in [0.4, 0.5) is 11.6 Å². The van der Waals surface area contributed by atoms with Crippen LogP contribution in [0.3, 0.4) is 0 Å². The SMILES string of the molecule is C=S(N)(=O)c1ccc(Nc2ncc(Br)c(SC(CC)CO)n2)cc1. The number of aliphatic hydroxyl groups is 1. The smallest absolute Gasteiger partial charge is 0.228 e. The molecule has 0 radical (unpaired) electrons. The van der Waals surface area contributed by atoms with Crippen LogP contribution in [-0.2, 0) is 9.71 Å². The van der Waals surface area contributed by atoms with E-state index in [1.807, 2.05) is 6.92 Å². The van der Waals surface area contributed by atoms with Gasteiger partial charge in [-0.3, -0.25) is 5.14 Å². The Morgan fingerprint density at radius 1 is 1.46 bits per heavy atom. The van der Waals surface area contributed by atoms with Gasteiger partial charge in [-0.25, -0.2) is 14.2 Å². The zero-order valence-electron chi connectivity index (χ0n) is 13.1. The van der Waals surface area contributed by atoms with Crippen LogP contribution in [0.1, 0.15) is 13.3 Å². The normalized spacial score (nSPS) is 14.8. The van der Waals surface area contributed by atoms with Gasteiger partial charge in [0.1, 0.15) is 5.03 Å². The van der Waals surface area contributed by atoms with E-state index in [0.717, 1.165) is 21.6 Å². The van der Waals surface area contributed by atoms with Gasteiger partial charge >= 0.3 is 0 Å². The minimum atomic E-state index is -2.72. The first-order valence-electron chi connectivity index (χ1n) is 7.15. The molecule has 2 atom stereocenters. The van der Waals surface area contributed by atoms with Crippen LogP contribution in [0.5, 0.6) is 0 Å². The molecule has 0 saturated carbocycles. The van der Waals surface area contributed by atoms with E-state index in [-0.39, 0.29) is 11.9 Å². The maximum absolute atomic E-state index is 11.7. The van der Waals surface area contributed by atoms with Crippen molar-refractivity contribution in [2.75, 3.05) is 11.9 Å². The van der Waals surface area contributed by atoms with Crippen molar-refractivity contribution in [3.8, 4) is 0 Å². The quantitative estimate of drug-likeness (QED) is 0.354. The average Bonchev–Trinajstić information content (AvgIpc) is 2.55. The highest BCUT2D eigenvalue weighted by Gasteiger charge is 2.12. The van der Waals surface area contributed by atoms with Crippen molar-refractivity contribution in [2.24, 2.45) is 5.14 Å². The molecule has 1 aromatic heterocycles. The Balaban J connectivity index is 2.18. The summed E-state index contributed by atoms with van der Waals surface area (Å²) in [5.74, 6) is 3.89. The van der Waals surface area contributed by atoms with Crippen LogP contribution in [0.15, 0.2) is 44.9 Å². The van der Waals surface area contributed by atoms with Gasteiger partial charge in [-0.15, -0.1) is 0 Å². The standard InChI is InChI=1S/C15H19BrN4O2S2/c1-3-11(9-21)23-14-13(16)8-18-15(20-14)19-10-4-6-12(7-5-10)24(2,17)22/h4-8,11,21H,2-3,9H2,1H3,(H2,17,22)(H,18,19,20). The number of aromatic nitrogens is 2. The highest BCUT2D eigenvalue weighted by molar-refractivity contribution is 9.10. The second-order valence-electron chi connectivity index (χ2n) is 5.05. The number of thioether (sulfide) groups is 1. The molecule has 0 amide bonds. The molecule has 2 aromatic rings. The third-order valence-corrected chi connectivity index (χ3v) is 6.42. The predicted octanol–water partition coefficient (Wildman–Crippen LogP) is 2.79. The van der Waals surface area contributed by atoms with Crippen LogP contribution in [0.2, 0.25) is 0 Å². The van der Waals surface area contributed by atoms with Crippen molar-refractivity contribution in [3.63, 3.8) is 0 Å². The summed E-state index contributed by atoms with van der Waals surface area (Å²) >= 11 is 4.92. The van der Waals surface area contributed by atoms with Crippen LogP contribution >= 0.6 is 27.7 Å². The molecule has 0 aliphatic heterocycles. The summed E-state index contributed by atoms with van der Waals surface area (Å²) in [7, 11) is -2.72. The summed E-state index contributed by atoms with van der Waals surface area (Å²) in [4.78, 5) is 9.17. The second kappa shape index (κ2) is 8.30. The number of anilines is 2. The van der Waals surface area contributed by atoms with E-state index in [2.05, 4.69) is 37.1 Å². The summed E-state index contributed by atoms with van der Waals surface area (Å²) < 4.78 is 12.5. The molecular formula is C15H19BrN4O2S2. The maximum atomic E-state index is 11.7. The number of hydrogen-bond acceptors (Lipinski definition) is 6. The fourth-order valence-electron chi connectivity index (χ4n) is 1.80. The van der Waals surface area contributed by atoms with E-state index in [9.17, 15) is 9.32 Å². The Morgan fingerprint density at radius 3 is 2.67 bits per heavy atom. The monoisotopic (exact) mass is 430 g/mol. The summed E-state index contributed by atoms with van der Waals surface area (Å²) in [6.07, 6.45) is 2.50. The highest BCUT2D eigenvalue weighted by Crippen LogP contribution is 2.30. The Kier molecular flexibility index (Phi) is 6.64. The Morgan fingerprint density at radius 2 is 2.12 bits per heavy atom. The summed E-state index contributed by atoms with van der Waals surface area (Å²) in [5.41, 5.74) is 0.745. The van der Waals surface area contributed by atoms with Gasteiger partial charge in [-0.1, -0.05) is 18.7 Å². The number of benzene rings is 1. The van der Waals surface area contributed by atoms with Crippen molar-refractivity contribution in [3.05, 3.63) is 34.9 Å². The van der Waals surface area contributed by atoms with E-state index >= 15 is 0 Å². The van der Waals surface area contributed by atoms with E-state index in [4.69, 9.17) is 5.14 Å². The van der Waals surface area contributed by atoms with Crippen molar-refractivity contribution in [1.82, 2.24) is 9.97 Å². The molecule has 0 bridgehead atoms. The molecule has 1 aromatic carbocycles. The molecule has 2 rings (SSSR count). The summed E-state index contributed by atoms with van der Waals surface area (Å²) in [6.45, 7) is 2.10. The average molecular weight is 431 g/mol. The second-order valence-corrected chi connectivity index (χ2v) is 9.12. The van der Waals surface area contributed by atoms with E-state index in [0.29, 0.717) is 10.8 Å². The molecule has 130 valence electrons. The number of nitrogens with one attached hydrogen (secondary N) is 1. The van der Waals surface area contributed by atoms with E-state index in [1.54, 1.807) is 30.5 Å². The van der Waals surface area contributed by atoms with Gasteiger partial charge in [0.15, 0.2) is 0 Å². The molecule has 0 fully saturated rings. The lowest BCUT2D eigenvalue weighted by molar-refractivity contribution is 0.292. The fraction of sp³-hybridized carbons (Fsp3) is 0.267. The van der Waals surface area contributed by atoms with Gasteiger partial charge in [-0.2, -0.15) is 0 Å². The lowest BCUT2D eigenvalue weighted by atomic mass is 10.3.